The minimum Gasteiger partial charge on any atom is -0.396 e. The molecule has 1 aromatic carbocycles. The topological polar surface area (TPSA) is 104 Å². The Labute approximate surface area is 191 Å². The van der Waals surface area contributed by atoms with Gasteiger partial charge in [-0.2, -0.15) is 0 Å². The number of rotatable bonds is 9. The molecule has 0 aliphatic carbocycles. The second-order valence-corrected chi connectivity index (χ2v) is 10.7. The number of pyridine rings is 1. The van der Waals surface area contributed by atoms with Crippen LogP contribution in [-0.4, -0.2) is 26.7 Å². The average molecular weight is 473 g/mol. The highest BCUT2D eigenvalue weighted by atomic mass is 32.2. The Morgan fingerprint density at radius 2 is 2.03 bits per heavy atom. The summed E-state index contributed by atoms with van der Waals surface area (Å²) in [5.41, 5.74) is 16.3. The van der Waals surface area contributed by atoms with Gasteiger partial charge in [0.1, 0.15) is 19.7 Å². The summed E-state index contributed by atoms with van der Waals surface area (Å²) >= 11 is 2.96. The third-order valence-corrected chi connectivity index (χ3v) is 8.65. The molecule has 0 fully saturated rings. The van der Waals surface area contributed by atoms with E-state index in [1.807, 2.05) is 35.7 Å². The maximum atomic E-state index is 12.9. The van der Waals surface area contributed by atoms with Crippen LogP contribution >= 0.6 is 22.7 Å². The van der Waals surface area contributed by atoms with Crippen molar-refractivity contribution in [1.29, 1.82) is 0 Å². The Morgan fingerprint density at radius 1 is 1.23 bits per heavy atom. The molecule has 4 rings (SSSR count). The van der Waals surface area contributed by atoms with Gasteiger partial charge in [-0.05, 0) is 29.2 Å². The Balaban J connectivity index is 1.85. The van der Waals surface area contributed by atoms with Gasteiger partial charge >= 0.3 is 0 Å². The highest BCUT2D eigenvalue weighted by Gasteiger charge is 2.21. The molecule has 0 spiro atoms. The van der Waals surface area contributed by atoms with Gasteiger partial charge in [-0.3, -0.25) is 4.21 Å². The average Bonchev–Trinajstić information content (AvgIpc) is 3.44. The number of aromatic nitrogens is 2. The minimum absolute atomic E-state index is 0.188. The summed E-state index contributed by atoms with van der Waals surface area (Å²) in [6.45, 7) is 2.75. The number of thiophene rings is 1. The van der Waals surface area contributed by atoms with Gasteiger partial charge < -0.3 is 16.2 Å². The third kappa shape index (κ3) is 4.70. The molecule has 4 N–H and O–H groups in total. The zero-order valence-corrected chi connectivity index (χ0v) is 19.6. The number of benzene rings is 1. The van der Waals surface area contributed by atoms with Crippen molar-refractivity contribution >= 4 is 49.4 Å². The maximum Gasteiger partial charge on any atom is 0.141 e. The quantitative estimate of drug-likeness (QED) is 0.332. The van der Waals surface area contributed by atoms with Gasteiger partial charge in [0.15, 0.2) is 0 Å². The van der Waals surface area contributed by atoms with Crippen LogP contribution in [0.25, 0.3) is 32.0 Å². The van der Waals surface area contributed by atoms with E-state index in [9.17, 15) is 4.21 Å². The highest BCUT2D eigenvalue weighted by Crippen LogP contribution is 2.43. The van der Waals surface area contributed by atoms with E-state index in [0.717, 1.165) is 50.5 Å². The van der Waals surface area contributed by atoms with Crippen LogP contribution in [0.4, 0.5) is 5.69 Å². The van der Waals surface area contributed by atoms with E-state index in [1.165, 1.54) is 22.7 Å². The second-order valence-electron chi connectivity index (χ2n) is 6.99. The smallest absolute Gasteiger partial charge is 0.141 e. The summed E-state index contributed by atoms with van der Waals surface area (Å²) in [7, 11) is -1.13. The molecule has 1 atom stereocenters. The number of hydrogen-bond donors (Lipinski definition) is 2. The Kier molecular flexibility index (Phi) is 7.09. The van der Waals surface area contributed by atoms with Crippen molar-refractivity contribution in [3.8, 4) is 21.8 Å². The summed E-state index contributed by atoms with van der Waals surface area (Å²) in [5.74, 6) is 0.609. The second kappa shape index (κ2) is 9.97. The molecule has 4 aromatic rings. The first-order valence-electron chi connectivity index (χ1n) is 10.0. The SMILES string of the molecule is CCCCS(=O)c1sc2nc(-c3nccs3)cc(-c3ccc(COCN)cc3)c2c1N. The molecule has 0 amide bonds. The van der Waals surface area contributed by atoms with E-state index in [0.29, 0.717) is 22.3 Å². The van der Waals surface area contributed by atoms with E-state index >= 15 is 0 Å². The lowest BCUT2D eigenvalue weighted by Crippen LogP contribution is -2.04. The number of unbranched alkanes of at least 4 members (excludes halogenated alkanes) is 1. The summed E-state index contributed by atoms with van der Waals surface area (Å²) in [6.07, 6.45) is 3.66. The molecule has 0 saturated carbocycles. The molecule has 1 unspecified atom stereocenters. The van der Waals surface area contributed by atoms with Gasteiger partial charge in [0.05, 0.1) is 29.8 Å². The molecule has 3 heterocycles. The first kappa shape index (κ1) is 22.0. The lowest BCUT2D eigenvalue weighted by molar-refractivity contribution is 0.127. The number of hydrogen-bond acceptors (Lipinski definition) is 8. The first-order valence-corrected chi connectivity index (χ1v) is 13.0. The normalized spacial score (nSPS) is 12.5. The largest absolute Gasteiger partial charge is 0.396 e. The number of thiazole rings is 1. The number of ether oxygens (including phenoxy) is 1. The Morgan fingerprint density at radius 3 is 2.71 bits per heavy atom. The highest BCUT2D eigenvalue weighted by molar-refractivity contribution is 7.87. The fourth-order valence-electron chi connectivity index (χ4n) is 3.28. The molecule has 0 aliphatic rings. The molecule has 0 aliphatic heterocycles. The number of nitrogens with two attached hydrogens (primary N) is 2. The van der Waals surface area contributed by atoms with Crippen LogP contribution < -0.4 is 11.5 Å². The van der Waals surface area contributed by atoms with E-state index in [1.54, 1.807) is 6.20 Å². The summed E-state index contributed by atoms with van der Waals surface area (Å²) < 4.78 is 18.9. The Bertz CT molecular complexity index is 1190. The predicted molar refractivity (Wildman–Crippen MR) is 131 cm³/mol. The van der Waals surface area contributed by atoms with Gasteiger partial charge in [-0.1, -0.05) is 37.6 Å². The number of fused-ring (bicyclic) bond motifs is 1. The lowest BCUT2D eigenvalue weighted by Gasteiger charge is -2.09. The molecule has 0 radical (unpaired) electrons. The molecule has 0 bridgehead atoms. The fraction of sp³-hybridized carbons (Fsp3) is 0.273. The van der Waals surface area contributed by atoms with Gasteiger partial charge in [0.25, 0.3) is 0 Å². The van der Waals surface area contributed by atoms with E-state index in [2.05, 4.69) is 11.9 Å². The van der Waals surface area contributed by atoms with Crippen LogP contribution in [0.1, 0.15) is 25.3 Å². The number of nitrogens with zero attached hydrogens (tertiary/aromatic N) is 2. The van der Waals surface area contributed by atoms with Crippen LogP contribution in [0.15, 0.2) is 46.1 Å². The van der Waals surface area contributed by atoms with E-state index in [4.69, 9.17) is 21.2 Å². The standard InChI is InChI=1S/C22H24N4O2S3/c1-2-3-10-31(27)22-19(24)18-16(15-6-4-14(5-7-15)12-28-13-23)11-17(26-21(18)30-22)20-25-8-9-29-20/h4-9,11H,2-3,10,12-13,23-24H2,1H3. The maximum absolute atomic E-state index is 12.9. The first-order chi connectivity index (χ1) is 15.1. The van der Waals surface area contributed by atoms with Crippen LogP contribution in [0.2, 0.25) is 0 Å². The summed E-state index contributed by atoms with van der Waals surface area (Å²) in [5, 5.41) is 3.63. The van der Waals surface area contributed by atoms with Crippen LogP contribution in [0.5, 0.6) is 0 Å². The Hall–Kier alpha value is -2.17. The lowest BCUT2D eigenvalue weighted by atomic mass is 10.0. The van der Waals surface area contributed by atoms with E-state index in [-0.39, 0.29) is 6.73 Å². The van der Waals surface area contributed by atoms with Gasteiger partial charge in [-0.25, -0.2) is 9.97 Å². The molecule has 3 aromatic heterocycles. The van der Waals surface area contributed by atoms with Crippen molar-refractivity contribution in [2.45, 2.75) is 30.6 Å². The van der Waals surface area contributed by atoms with Crippen molar-refractivity contribution in [2.24, 2.45) is 5.73 Å². The van der Waals surface area contributed by atoms with Crippen LogP contribution in [-0.2, 0) is 22.1 Å². The molecular formula is C22H24N4O2S3. The van der Waals surface area contributed by atoms with Gasteiger partial charge in [0, 0.05) is 22.7 Å². The number of nitrogen functional groups attached to an aromatic ring is 1. The molecule has 0 saturated heterocycles. The van der Waals surface area contributed by atoms with Gasteiger partial charge in [0.2, 0.25) is 0 Å². The molecular weight excluding hydrogens is 448 g/mol. The molecule has 31 heavy (non-hydrogen) atoms. The van der Waals surface area contributed by atoms with Crippen molar-refractivity contribution < 1.29 is 8.95 Å². The monoisotopic (exact) mass is 472 g/mol. The zero-order valence-electron chi connectivity index (χ0n) is 17.2. The molecule has 9 heteroatoms. The number of anilines is 1. The van der Waals surface area contributed by atoms with E-state index < -0.39 is 10.8 Å². The summed E-state index contributed by atoms with van der Waals surface area (Å²) in [4.78, 5) is 10.0. The van der Waals surface area contributed by atoms with Gasteiger partial charge in [-0.15, -0.1) is 22.7 Å². The zero-order chi connectivity index (χ0) is 21.8. The minimum atomic E-state index is -1.13. The van der Waals surface area contributed by atoms with Crippen molar-refractivity contribution in [3.63, 3.8) is 0 Å². The molecule has 6 nitrogen and oxygen atoms in total. The third-order valence-electron chi connectivity index (χ3n) is 4.86. The van der Waals surface area contributed by atoms with Crippen LogP contribution in [0, 0.1) is 0 Å². The van der Waals surface area contributed by atoms with Crippen molar-refractivity contribution in [3.05, 3.63) is 47.5 Å². The molecule has 162 valence electrons. The van der Waals surface area contributed by atoms with Crippen molar-refractivity contribution in [1.82, 2.24) is 9.97 Å². The van der Waals surface area contributed by atoms with Crippen molar-refractivity contribution in [2.75, 3.05) is 18.2 Å². The van der Waals surface area contributed by atoms with Crippen LogP contribution in [0.3, 0.4) is 0 Å². The summed E-state index contributed by atoms with van der Waals surface area (Å²) in [6, 6.07) is 10.1. The fourth-order valence-corrected chi connectivity index (χ4v) is 6.68. The predicted octanol–water partition coefficient (Wildman–Crippen LogP) is 5.01.